The van der Waals surface area contributed by atoms with E-state index in [0.717, 1.165) is 25.1 Å². The average molecular weight is 669 g/mol. The van der Waals surface area contributed by atoms with Crippen LogP contribution < -0.4 is 0 Å². The second-order valence-electron chi connectivity index (χ2n) is 15.7. The van der Waals surface area contributed by atoms with Crippen molar-refractivity contribution >= 4 is 0 Å². The molecule has 1 rings (SSSR count). The fourth-order valence-electron chi connectivity index (χ4n) is 7.38. The molecule has 2 heteroatoms. The fraction of sp³-hybridized carbons (Fsp3) is 0.913. The van der Waals surface area contributed by atoms with E-state index in [-0.39, 0.29) is 0 Å². The molecule has 0 saturated carbocycles. The summed E-state index contributed by atoms with van der Waals surface area (Å²) in [5.74, 6) is 1.11. The van der Waals surface area contributed by atoms with Crippen molar-refractivity contribution in [2.45, 2.75) is 271 Å². The standard InChI is InChI=1S/C46H88N2/c1-4-7-10-12-14-16-18-20-22-24-26-28-30-32-34-36-38-40-44-43-45(48-46(47-44)42-9-6-3)41-39-37-35-33-31-29-27-25-23-21-19-17-15-13-11-8-5-2/h43H,4-42H2,1-3H3. The minimum Gasteiger partial charge on any atom is -0.238 e. The van der Waals surface area contributed by atoms with Gasteiger partial charge >= 0.3 is 0 Å². The van der Waals surface area contributed by atoms with Gasteiger partial charge < -0.3 is 0 Å². The van der Waals surface area contributed by atoms with Gasteiger partial charge in [0.25, 0.3) is 0 Å². The van der Waals surface area contributed by atoms with Crippen molar-refractivity contribution < 1.29 is 0 Å². The number of unbranched alkanes of at least 4 members (excludes halogenated alkanes) is 33. The number of aromatic nitrogens is 2. The first-order chi connectivity index (χ1) is 23.8. The Labute approximate surface area is 303 Å². The van der Waals surface area contributed by atoms with Gasteiger partial charge in [-0.3, -0.25) is 0 Å². The van der Waals surface area contributed by atoms with E-state index < -0.39 is 0 Å². The predicted octanol–water partition coefficient (Wildman–Crippen LogP) is 16.2. The fourth-order valence-corrected chi connectivity index (χ4v) is 7.38. The van der Waals surface area contributed by atoms with Crippen LogP contribution in [-0.4, -0.2) is 9.97 Å². The molecule has 0 bridgehead atoms. The van der Waals surface area contributed by atoms with Crippen molar-refractivity contribution in [2.24, 2.45) is 0 Å². The van der Waals surface area contributed by atoms with Gasteiger partial charge in [-0.2, -0.15) is 0 Å². The smallest absolute Gasteiger partial charge is 0.128 e. The third-order valence-electron chi connectivity index (χ3n) is 10.7. The Hall–Kier alpha value is -0.920. The lowest BCUT2D eigenvalue weighted by molar-refractivity contribution is 0.526. The highest BCUT2D eigenvalue weighted by Crippen LogP contribution is 2.17. The van der Waals surface area contributed by atoms with Crippen molar-refractivity contribution in [3.8, 4) is 0 Å². The molecule has 282 valence electrons. The van der Waals surface area contributed by atoms with Crippen LogP contribution in [0, 0.1) is 0 Å². The summed E-state index contributed by atoms with van der Waals surface area (Å²) in [5, 5.41) is 0. The van der Waals surface area contributed by atoms with Gasteiger partial charge in [-0.15, -0.1) is 0 Å². The van der Waals surface area contributed by atoms with Crippen molar-refractivity contribution in [3.05, 3.63) is 23.3 Å². The highest BCUT2D eigenvalue weighted by atomic mass is 14.9. The molecule has 0 amide bonds. The maximum Gasteiger partial charge on any atom is 0.128 e. The van der Waals surface area contributed by atoms with Gasteiger partial charge in [0.05, 0.1) is 0 Å². The van der Waals surface area contributed by atoms with E-state index in [1.807, 2.05) is 0 Å². The second-order valence-corrected chi connectivity index (χ2v) is 15.7. The van der Waals surface area contributed by atoms with Gasteiger partial charge in [0.1, 0.15) is 5.82 Å². The van der Waals surface area contributed by atoms with Crippen LogP contribution >= 0.6 is 0 Å². The van der Waals surface area contributed by atoms with Crippen molar-refractivity contribution in [1.82, 2.24) is 9.97 Å². The summed E-state index contributed by atoms with van der Waals surface area (Å²) in [6, 6.07) is 2.36. The quantitative estimate of drug-likeness (QED) is 0.0652. The van der Waals surface area contributed by atoms with Crippen LogP contribution in [0.3, 0.4) is 0 Å². The number of rotatable bonds is 39. The minimum absolute atomic E-state index is 1.05. The van der Waals surface area contributed by atoms with E-state index in [0.29, 0.717) is 0 Å². The van der Waals surface area contributed by atoms with E-state index in [1.165, 1.54) is 243 Å². The van der Waals surface area contributed by atoms with Crippen LogP contribution in [-0.2, 0) is 19.3 Å². The Morgan fingerprint density at radius 1 is 0.271 bits per heavy atom. The van der Waals surface area contributed by atoms with Crippen LogP contribution in [0.1, 0.15) is 269 Å². The van der Waals surface area contributed by atoms with Crippen LogP contribution in [0.2, 0.25) is 0 Å². The summed E-state index contributed by atoms with van der Waals surface area (Å²) < 4.78 is 0. The molecule has 0 aliphatic rings. The molecule has 0 aliphatic heterocycles. The molecule has 0 N–H and O–H groups in total. The van der Waals surface area contributed by atoms with Gasteiger partial charge in [0.15, 0.2) is 0 Å². The number of nitrogens with zero attached hydrogens (tertiary/aromatic N) is 2. The van der Waals surface area contributed by atoms with Crippen molar-refractivity contribution in [1.29, 1.82) is 0 Å². The van der Waals surface area contributed by atoms with E-state index in [1.54, 1.807) is 0 Å². The SMILES string of the molecule is CCCCCCCCCCCCCCCCCCCc1cc(CCCCCCCCCCCCCCCCCCC)nc(CCCC)n1. The zero-order valence-corrected chi connectivity index (χ0v) is 33.5. The summed E-state index contributed by atoms with van der Waals surface area (Å²) >= 11 is 0. The second kappa shape index (κ2) is 37.3. The molecule has 1 aromatic heterocycles. The first-order valence-corrected chi connectivity index (χ1v) is 22.7. The normalized spacial score (nSPS) is 11.6. The molecule has 0 aliphatic carbocycles. The van der Waals surface area contributed by atoms with Crippen LogP contribution in [0.5, 0.6) is 0 Å². The van der Waals surface area contributed by atoms with Crippen molar-refractivity contribution in [2.75, 3.05) is 0 Å². The summed E-state index contributed by atoms with van der Waals surface area (Å²) in [4.78, 5) is 10.00. The third-order valence-corrected chi connectivity index (χ3v) is 10.7. The van der Waals surface area contributed by atoms with Crippen LogP contribution in [0.25, 0.3) is 0 Å². The average Bonchev–Trinajstić information content (AvgIpc) is 3.10. The Morgan fingerprint density at radius 2 is 0.500 bits per heavy atom. The molecular weight excluding hydrogens is 581 g/mol. The van der Waals surface area contributed by atoms with Gasteiger partial charge in [-0.1, -0.05) is 233 Å². The summed E-state index contributed by atoms with van der Waals surface area (Å²) in [7, 11) is 0. The molecule has 48 heavy (non-hydrogen) atoms. The summed E-state index contributed by atoms with van der Waals surface area (Å²) in [6.45, 7) is 6.89. The number of hydrogen-bond donors (Lipinski definition) is 0. The Balaban J connectivity index is 2.04. The highest BCUT2D eigenvalue weighted by molar-refractivity contribution is 5.12. The molecule has 0 saturated heterocycles. The lowest BCUT2D eigenvalue weighted by atomic mass is 10.0. The van der Waals surface area contributed by atoms with E-state index in [2.05, 4.69) is 26.8 Å². The summed E-state index contributed by atoms with van der Waals surface area (Å²) in [6.07, 6.45) is 54.5. The molecule has 0 aromatic carbocycles. The van der Waals surface area contributed by atoms with Gasteiger partial charge in [-0.05, 0) is 38.2 Å². The molecule has 0 fully saturated rings. The van der Waals surface area contributed by atoms with E-state index in [4.69, 9.17) is 9.97 Å². The highest BCUT2D eigenvalue weighted by Gasteiger charge is 2.06. The molecule has 2 nitrogen and oxygen atoms in total. The topological polar surface area (TPSA) is 25.8 Å². The first kappa shape index (κ1) is 45.1. The lowest BCUT2D eigenvalue weighted by Gasteiger charge is -2.09. The third kappa shape index (κ3) is 31.1. The molecule has 0 atom stereocenters. The first-order valence-electron chi connectivity index (χ1n) is 22.7. The molecule has 1 aromatic rings. The predicted molar refractivity (Wildman–Crippen MR) is 216 cm³/mol. The Bertz CT molecular complexity index is 702. The minimum atomic E-state index is 1.05. The van der Waals surface area contributed by atoms with E-state index >= 15 is 0 Å². The largest absolute Gasteiger partial charge is 0.238 e. The molecule has 0 radical (unpaired) electrons. The summed E-state index contributed by atoms with van der Waals surface area (Å²) in [5.41, 5.74) is 2.64. The molecular formula is C46H88N2. The Kier molecular flexibility index (Phi) is 35.1. The monoisotopic (exact) mass is 669 g/mol. The number of hydrogen-bond acceptors (Lipinski definition) is 2. The van der Waals surface area contributed by atoms with Gasteiger partial charge in [0, 0.05) is 17.8 Å². The maximum atomic E-state index is 5.00. The molecule has 0 spiro atoms. The van der Waals surface area contributed by atoms with Gasteiger partial charge in [-0.25, -0.2) is 9.97 Å². The van der Waals surface area contributed by atoms with Crippen LogP contribution in [0.4, 0.5) is 0 Å². The zero-order chi connectivity index (χ0) is 34.4. The van der Waals surface area contributed by atoms with E-state index in [9.17, 15) is 0 Å². The van der Waals surface area contributed by atoms with Gasteiger partial charge in [0.2, 0.25) is 0 Å². The molecule has 0 unspecified atom stereocenters. The number of aryl methyl sites for hydroxylation is 3. The maximum absolute atomic E-state index is 5.00. The van der Waals surface area contributed by atoms with Crippen molar-refractivity contribution in [3.63, 3.8) is 0 Å². The Morgan fingerprint density at radius 3 is 0.750 bits per heavy atom. The van der Waals surface area contributed by atoms with Crippen LogP contribution in [0.15, 0.2) is 6.07 Å². The lowest BCUT2D eigenvalue weighted by Crippen LogP contribution is -2.04. The molecule has 1 heterocycles. The zero-order valence-electron chi connectivity index (χ0n) is 33.5.